The van der Waals surface area contributed by atoms with Crippen LogP contribution in [0.4, 0.5) is 0 Å². The van der Waals surface area contributed by atoms with Crippen molar-refractivity contribution in [2.45, 2.75) is 19.8 Å². The van der Waals surface area contributed by atoms with Gasteiger partial charge in [0.1, 0.15) is 6.61 Å². The van der Waals surface area contributed by atoms with Gasteiger partial charge < -0.3 is 9.57 Å². The maximum Gasteiger partial charge on any atom is 0.357 e. The summed E-state index contributed by atoms with van der Waals surface area (Å²) in [6.45, 7) is 2.65. The molecule has 1 rings (SSSR count). The zero-order valence-electron chi connectivity index (χ0n) is 7.62. The monoisotopic (exact) mass is 187 g/mol. The molecule has 0 atom stereocenters. The van der Waals surface area contributed by atoms with Gasteiger partial charge in [0.2, 0.25) is 0 Å². The quantitative estimate of drug-likeness (QED) is 0.626. The highest BCUT2D eigenvalue weighted by Crippen LogP contribution is 2.09. The normalized spacial score (nSPS) is 16.4. The summed E-state index contributed by atoms with van der Waals surface area (Å²) in [5.41, 5.74) is 0. The number of carbonyl (C=O) groups is 2. The van der Waals surface area contributed by atoms with E-state index in [1.807, 2.05) is 0 Å². The SMILES string of the molecule is CCOCC(=O)ON1CCCC1=O. The molecule has 0 aromatic heterocycles. The van der Waals surface area contributed by atoms with Crippen molar-refractivity contribution >= 4 is 11.9 Å². The summed E-state index contributed by atoms with van der Waals surface area (Å²) in [7, 11) is 0. The lowest BCUT2D eigenvalue weighted by Gasteiger charge is -2.13. The molecule has 1 aliphatic heterocycles. The van der Waals surface area contributed by atoms with Gasteiger partial charge in [0.15, 0.2) is 0 Å². The molecule has 0 bridgehead atoms. The van der Waals surface area contributed by atoms with Crippen LogP contribution in [0, 0.1) is 0 Å². The van der Waals surface area contributed by atoms with Gasteiger partial charge in [-0.2, -0.15) is 5.06 Å². The molecule has 5 nitrogen and oxygen atoms in total. The molecule has 0 aromatic rings. The zero-order valence-corrected chi connectivity index (χ0v) is 7.62. The zero-order chi connectivity index (χ0) is 9.68. The van der Waals surface area contributed by atoms with Gasteiger partial charge in [0.25, 0.3) is 5.91 Å². The number of hydroxylamine groups is 2. The third-order valence-electron chi connectivity index (χ3n) is 1.67. The van der Waals surface area contributed by atoms with E-state index in [-0.39, 0.29) is 12.5 Å². The van der Waals surface area contributed by atoms with Crippen LogP contribution in [0.3, 0.4) is 0 Å². The van der Waals surface area contributed by atoms with Gasteiger partial charge in [-0.25, -0.2) is 4.79 Å². The molecule has 74 valence electrons. The lowest BCUT2D eigenvalue weighted by atomic mass is 10.4. The Labute approximate surface area is 76.6 Å². The third-order valence-corrected chi connectivity index (χ3v) is 1.67. The average Bonchev–Trinajstić information content (AvgIpc) is 2.48. The summed E-state index contributed by atoms with van der Waals surface area (Å²) >= 11 is 0. The van der Waals surface area contributed by atoms with E-state index >= 15 is 0 Å². The second kappa shape index (κ2) is 4.81. The van der Waals surface area contributed by atoms with Crippen LogP contribution in [-0.2, 0) is 19.2 Å². The molecule has 0 saturated carbocycles. The van der Waals surface area contributed by atoms with Gasteiger partial charge in [-0.15, -0.1) is 0 Å². The van der Waals surface area contributed by atoms with Gasteiger partial charge in [-0.05, 0) is 13.3 Å². The van der Waals surface area contributed by atoms with Gasteiger partial charge in [0, 0.05) is 13.0 Å². The van der Waals surface area contributed by atoms with E-state index < -0.39 is 5.97 Å². The topological polar surface area (TPSA) is 55.8 Å². The number of nitrogens with zero attached hydrogens (tertiary/aromatic N) is 1. The molecule has 0 radical (unpaired) electrons. The molecule has 0 aliphatic carbocycles. The highest BCUT2D eigenvalue weighted by Gasteiger charge is 2.23. The van der Waals surface area contributed by atoms with Crippen molar-refractivity contribution in [3.63, 3.8) is 0 Å². The first-order chi connectivity index (χ1) is 6.24. The molecule has 0 spiro atoms. The van der Waals surface area contributed by atoms with Crippen molar-refractivity contribution in [2.75, 3.05) is 19.8 Å². The van der Waals surface area contributed by atoms with Crippen LogP contribution in [0.25, 0.3) is 0 Å². The minimum absolute atomic E-state index is 0.0969. The van der Waals surface area contributed by atoms with E-state index in [4.69, 9.17) is 9.57 Å². The van der Waals surface area contributed by atoms with Gasteiger partial charge in [0.05, 0.1) is 6.54 Å². The fourth-order valence-electron chi connectivity index (χ4n) is 1.05. The van der Waals surface area contributed by atoms with Crippen molar-refractivity contribution in [1.29, 1.82) is 0 Å². The summed E-state index contributed by atoms with van der Waals surface area (Å²) in [4.78, 5) is 26.7. The molecule has 0 aromatic carbocycles. The summed E-state index contributed by atoms with van der Waals surface area (Å²) in [6.07, 6.45) is 1.21. The van der Waals surface area contributed by atoms with Crippen molar-refractivity contribution in [3.05, 3.63) is 0 Å². The van der Waals surface area contributed by atoms with E-state index in [1.165, 1.54) is 0 Å². The Balaban J connectivity index is 2.23. The second-order valence-electron chi connectivity index (χ2n) is 2.70. The lowest BCUT2D eigenvalue weighted by molar-refractivity contribution is -0.196. The van der Waals surface area contributed by atoms with Crippen LogP contribution in [0.1, 0.15) is 19.8 Å². The predicted molar refractivity (Wildman–Crippen MR) is 43.5 cm³/mol. The first-order valence-corrected chi connectivity index (χ1v) is 4.33. The van der Waals surface area contributed by atoms with Crippen molar-refractivity contribution in [1.82, 2.24) is 5.06 Å². The molecule has 0 N–H and O–H groups in total. The van der Waals surface area contributed by atoms with Crippen LogP contribution >= 0.6 is 0 Å². The van der Waals surface area contributed by atoms with Crippen LogP contribution in [0.2, 0.25) is 0 Å². The second-order valence-corrected chi connectivity index (χ2v) is 2.70. The van der Waals surface area contributed by atoms with Crippen LogP contribution in [-0.4, -0.2) is 36.7 Å². The first kappa shape index (κ1) is 9.98. The fraction of sp³-hybridized carbons (Fsp3) is 0.750. The minimum Gasteiger partial charge on any atom is -0.370 e. The fourth-order valence-corrected chi connectivity index (χ4v) is 1.05. The molecule has 0 unspecified atom stereocenters. The molecule has 1 fully saturated rings. The predicted octanol–water partition coefficient (Wildman–Crippen LogP) is 0.103. The van der Waals surface area contributed by atoms with E-state index in [0.717, 1.165) is 11.5 Å². The van der Waals surface area contributed by atoms with Crippen molar-refractivity contribution in [2.24, 2.45) is 0 Å². The Kier molecular flexibility index (Phi) is 3.70. The van der Waals surface area contributed by atoms with Gasteiger partial charge in [-0.3, -0.25) is 4.79 Å². The molecule has 1 heterocycles. The highest BCUT2D eigenvalue weighted by atomic mass is 16.7. The van der Waals surface area contributed by atoms with Gasteiger partial charge >= 0.3 is 5.97 Å². The lowest BCUT2D eigenvalue weighted by Crippen LogP contribution is -2.30. The molecule has 13 heavy (non-hydrogen) atoms. The van der Waals surface area contributed by atoms with Crippen LogP contribution in [0.5, 0.6) is 0 Å². The van der Waals surface area contributed by atoms with Crippen LogP contribution in [0.15, 0.2) is 0 Å². The first-order valence-electron chi connectivity index (χ1n) is 4.33. The highest BCUT2D eigenvalue weighted by molar-refractivity contribution is 5.79. The largest absolute Gasteiger partial charge is 0.370 e. The number of amides is 1. The Morgan fingerprint density at radius 1 is 1.62 bits per heavy atom. The number of ether oxygens (including phenoxy) is 1. The molecular formula is C8H13NO4. The van der Waals surface area contributed by atoms with Crippen LogP contribution < -0.4 is 0 Å². The standard InChI is InChI=1S/C8H13NO4/c1-2-12-6-8(11)13-9-5-3-4-7(9)10/h2-6H2,1H3. The van der Waals surface area contributed by atoms with Crippen molar-refractivity contribution < 1.29 is 19.2 Å². The smallest absolute Gasteiger partial charge is 0.357 e. The van der Waals surface area contributed by atoms with E-state index in [2.05, 4.69) is 0 Å². The summed E-state index contributed by atoms with van der Waals surface area (Å²) in [5.74, 6) is -0.651. The summed E-state index contributed by atoms with van der Waals surface area (Å²) < 4.78 is 4.83. The van der Waals surface area contributed by atoms with E-state index in [9.17, 15) is 9.59 Å². The minimum atomic E-state index is -0.517. The third kappa shape index (κ3) is 3.02. The number of rotatable bonds is 4. The Morgan fingerprint density at radius 2 is 2.38 bits per heavy atom. The maximum atomic E-state index is 11.0. The summed E-state index contributed by atoms with van der Waals surface area (Å²) in [6, 6.07) is 0. The number of hydrogen-bond donors (Lipinski definition) is 0. The van der Waals surface area contributed by atoms with E-state index in [0.29, 0.717) is 19.6 Å². The van der Waals surface area contributed by atoms with E-state index in [1.54, 1.807) is 6.92 Å². The Morgan fingerprint density at radius 3 is 2.92 bits per heavy atom. The molecular weight excluding hydrogens is 174 g/mol. The molecule has 1 saturated heterocycles. The van der Waals surface area contributed by atoms with Gasteiger partial charge in [-0.1, -0.05) is 0 Å². The molecule has 1 aliphatic rings. The number of carbonyl (C=O) groups excluding carboxylic acids is 2. The molecule has 5 heteroatoms. The Bertz CT molecular complexity index is 204. The Hall–Kier alpha value is -1.10. The number of hydrogen-bond acceptors (Lipinski definition) is 4. The van der Waals surface area contributed by atoms with Crippen molar-refractivity contribution in [3.8, 4) is 0 Å². The maximum absolute atomic E-state index is 11.0. The average molecular weight is 187 g/mol. The molecule has 1 amide bonds. The summed E-state index contributed by atoms with van der Waals surface area (Å²) in [5, 5.41) is 1.10.